The third kappa shape index (κ3) is 4.42. The Kier molecular flexibility index (Phi) is 5.55. The molecule has 0 bridgehead atoms. The van der Waals surface area contributed by atoms with Gasteiger partial charge in [0.15, 0.2) is 5.76 Å². The fraction of sp³-hybridized carbons (Fsp3) is 0.167. The van der Waals surface area contributed by atoms with Gasteiger partial charge >= 0.3 is 0 Å². The number of halogens is 1. The minimum absolute atomic E-state index is 0.0205. The Balaban J connectivity index is 1.62. The molecule has 1 amide bonds. The van der Waals surface area contributed by atoms with E-state index < -0.39 is 0 Å². The zero-order valence-corrected chi connectivity index (χ0v) is 13.8. The molecule has 7 nitrogen and oxygen atoms in total. The van der Waals surface area contributed by atoms with Gasteiger partial charge in [-0.3, -0.25) is 4.79 Å². The predicted molar refractivity (Wildman–Crippen MR) is 93.5 cm³/mol. The van der Waals surface area contributed by atoms with Crippen LogP contribution in [0.25, 0.3) is 11.3 Å². The summed E-state index contributed by atoms with van der Waals surface area (Å²) < 4.78 is 18.5. The maximum atomic E-state index is 13.0. The molecule has 2 aromatic heterocycles. The van der Waals surface area contributed by atoms with E-state index in [1.165, 1.54) is 24.5 Å². The van der Waals surface area contributed by atoms with E-state index in [4.69, 9.17) is 9.52 Å². The average molecular weight is 356 g/mol. The van der Waals surface area contributed by atoms with Crippen LogP contribution >= 0.6 is 0 Å². The summed E-state index contributed by atoms with van der Waals surface area (Å²) in [6.45, 7) is 0.409. The van der Waals surface area contributed by atoms with Crippen LogP contribution in [0.5, 0.6) is 0 Å². The summed E-state index contributed by atoms with van der Waals surface area (Å²) in [5.74, 6) is -0.127. The Labute approximate surface area is 148 Å². The van der Waals surface area contributed by atoms with Gasteiger partial charge in [0.25, 0.3) is 11.9 Å². The number of carbonyl (C=O) groups is 1. The molecule has 0 unspecified atom stereocenters. The van der Waals surface area contributed by atoms with Crippen LogP contribution < -0.4 is 10.6 Å². The molecular formula is C18H17FN4O3. The summed E-state index contributed by atoms with van der Waals surface area (Å²) >= 11 is 0. The van der Waals surface area contributed by atoms with Crippen molar-refractivity contribution in [1.82, 2.24) is 15.3 Å². The number of hydrogen-bond acceptors (Lipinski definition) is 6. The van der Waals surface area contributed by atoms with E-state index in [0.29, 0.717) is 30.0 Å². The lowest BCUT2D eigenvalue weighted by Crippen LogP contribution is -2.25. The molecule has 0 aliphatic carbocycles. The van der Waals surface area contributed by atoms with Crippen LogP contribution in [0.2, 0.25) is 0 Å². The van der Waals surface area contributed by atoms with Gasteiger partial charge in [-0.2, -0.15) is 0 Å². The molecule has 0 atom stereocenters. The van der Waals surface area contributed by atoms with Crippen LogP contribution in [0.4, 0.5) is 16.1 Å². The third-order valence-corrected chi connectivity index (χ3v) is 3.50. The highest BCUT2D eigenvalue weighted by Gasteiger charge is 2.09. The second-order valence-electron chi connectivity index (χ2n) is 5.43. The first-order valence-corrected chi connectivity index (χ1v) is 7.99. The second kappa shape index (κ2) is 8.21. The molecule has 2 heterocycles. The van der Waals surface area contributed by atoms with Gasteiger partial charge in [0.05, 0.1) is 18.1 Å². The van der Waals surface area contributed by atoms with Crippen molar-refractivity contribution in [2.75, 3.05) is 18.5 Å². The lowest BCUT2D eigenvalue weighted by molar-refractivity contribution is 0.0946. The van der Waals surface area contributed by atoms with E-state index in [0.717, 1.165) is 0 Å². The molecule has 3 aromatic rings. The lowest BCUT2D eigenvalue weighted by Gasteiger charge is -2.05. The maximum Gasteiger partial charge on any atom is 0.299 e. The summed E-state index contributed by atoms with van der Waals surface area (Å²) in [5, 5.41) is 14.3. The van der Waals surface area contributed by atoms with Gasteiger partial charge in [-0.25, -0.2) is 14.4 Å². The maximum absolute atomic E-state index is 13.0. The van der Waals surface area contributed by atoms with E-state index in [-0.39, 0.29) is 30.0 Å². The van der Waals surface area contributed by atoms with Gasteiger partial charge in [-0.1, -0.05) is 0 Å². The Morgan fingerprint density at radius 3 is 2.62 bits per heavy atom. The molecule has 0 saturated carbocycles. The number of nitrogens with one attached hydrogen (secondary N) is 2. The monoisotopic (exact) mass is 356 g/mol. The molecule has 0 radical (unpaired) electrons. The van der Waals surface area contributed by atoms with Crippen molar-refractivity contribution in [3.63, 3.8) is 0 Å². The van der Waals surface area contributed by atoms with E-state index in [9.17, 15) is 9.18 Å². The van der Waals surface area contributed by atoms with Gasteiger partial charge < -0.3 is 20.2 Å². The number of anilines is 2. The Morgan fingerprint density at radius 2 is 1.92 bits per heavy atom. The quantitative estimate of drug-likeness (QED) is 0.563. The summed E-state index contributed by atoms with van der Waals surface area (Å²) in [6, 6.07) is 9.40. The molecule has 0 saturated heterocycles. The first-order valence-electron chi connectivity index (χ1n) is 7.99. The SMILES string of the molecule is O=C(NCCCO)c1ccc(Nc2ncc(-c3ccc(F)cc3)o2)cn1. The number of hydrogen-bond donors (Lipinski definition) is 3. The van der Waals surface area contributed by atoms with Gasteiger partial charge in [-0.15, -0.1) is 0 Å². The van der Waals surface area contributed by atoms with Crippen molar-refractivity contribution >= 4 is 17.6 Å². The normalized spacial score (nSPS) is 10.5. The standard InChI is InChI=1S/C18H17FN4O3/c19-13-4-2-12(3-5-13)16-11-22-18(26-16)23-14-6-7-15(21-10-14)17(25)20-8-1-9-24/h2-7,10-11,24H,1,8-9H2,(H,20,25)(H,22,23). The largest absolute Gasteiger partial charge is 0.423 e. The molecule has 1 aromatic carbocycles. The number of aliphatic hydroxyl groups excluding tert-OH is 1. The fourth-order valence-corrected chi connectivity index (χ4v) is 2.18. The lowest BCUT2D eigenvalue weighted by atomic mass is 10.2. The number of pyridine rings is 1. The summed E-state index contributed by atoms with van der Waals surface area (Å²) in [4.78, 5) is 20.0. The molecular weight excluding hydrogens is 339 g/mol. The number of carbonyl (C=O) groups excluding carboxylic acids is 1. The second-order valence-corrected chi connectivity index (χ2v) is 5.43. The number of oxazole rings is 1. The third-order valence-electron chi connectivity index (χ3n) is 3.50. The Hall–Kier alpha value is -3.26. The number of aromatic nitrogens is 2. The number of benzene rings is 1. The van der Waals surface area contributed by atoms with Crippen molar-refractivity contribution in [3.05, 3.63) is 60.3 Å². The number of rotatable bonds is 7. The highest BCUT2D eigenvalue weighted by atomic mass is 19.1. The molecule has 3 rings (SSSR count). The Bertz CT molecular complexity index is 863. The van der Waals surface area contributed by atoms with E-state index in [1.807, 2.05) is 0 Å². The van der Waals surface area contributed by atoms with Gasteiger partial charge in [0.1, 0.15) is 11.5 Å². The van der Waals surface area contributed by atoms with Crippen LogP contribution in [-0.4, -0.2) is 34.1 Å². The van der Waals surface area contributed by atoms with E-state index in [1.54, 1.807) is 24.3 Å². The summed E-state index contributed by atoms with van der Waals surface area (Å²) in [5.41, 5.74) is 1.58. The Morgan fingerprint density at radius 1 is 1.12 bits per heavy atom. The van der Waals surface area contributed by atoms with Crippen LogP contribution in [0.3, 0.4) is 0 Å². The van der Waals surface area contributed by atoms with Crippen molar-refractivity contribution in [2.24, 2.45) is 0 Å². The highest BCUT2D eigenvalue weighted by molar-refractivity contribution is 5.92. The van der Waals surface area contributed by atoms with Crippen molar-refractivity contribution < 1.29 is 18.7 Å². The zero-order chi connectivity index (χ0) is 18.4. The number of nitrogens with zero attached hydrogens (tertiary/aromatic N) is 2. The number of amides is 1. The molecule has 0 aliphatic rings. The van der Waals surface area contributed by atoms with Crippen LogP contribution in [0.15, 0.2) is 53.2 Å². The fourth-order valence-electron chi connectivity index (χ4n) is 2.18. The smallest absolute Gasteiger partial charge is 0.299 e. The van der Waals surface area contributed by atoms with Gasteiger partial charge in [-0.05, 0) is 42.8 Å². The topological polar surface area (TPSA) is 100 Å². The van der Waals surface area contributed by atoms with Crippen molar-refractivity contribution in [1.29, 1.82) is 0 Å². The van der Waals surface area contributed by atoms with Crippen LogP contribution in [0.1, 0.15) is 16.9 Å². The van der Waals surface area contributed by atoms with E-state index in [2.05, 4.69) is 20.6 Å². The van der Waals surface area contributed by atoms with Crippen molar-refractivity contribution in [3.8, 4) is 11.3 Å². The molecule has 8 heteroatoms. The zero-order valence-electron chi connectivity index (χ0n) is 13.8. The molecule has 26 heavy (non-hydrogen) atoms. The molecule has 3 N–H and O–H groups in total. The highest BCUT2D eigenvalue weighted by Crippen LogP contribution is 2.24. The van der Waals surface area contributed by atoms with Gasteiger partial charge in [0.2, 0.25) is 0 Å². The van der Waals surface area contributed by atoms with Crippen molar-refractivity contribution in [2.45, 2.75) is 6.42 Å². The predicted octanol–water partition coefficient (Wildman–Crippen LogP) is 2.73. The van der Waals surface area contributed by atoms with Gasteiger partial charge in [0, 0.05) is 18.7 Å². The minimum atomic E-state index is -0.321. The number of aliphatic hydroxyl groups is 1. The molecule has 134 valence electrons. The van der Waals surface area contributed by atoms with Crippen LogP contribution in [0, 0.1) is 5.82 Å². The summed E-state index contributed by atoms with van der Waals surface area (Å²) in [6.07, 6.45) is 3.51. The molecule has 0 spiro atoms. The first kappa shape index (κ1) is 17.6. The minimum Gasteiger partial charge on any atom is -0.423 e. The van der Waals surface area contributed by atoms with E-state index >= 15 is 0 Å². The first-order chi connectivity index (χ1) is 12.7. The average Bonchev–Trinajstić information content (AvgIpc) is 3.11. The van der Waals surface area contributed by atoms with Crippen LogP contribution in [-0.2, 0) is 0 Å². The molecule has 0 fully saturated rings. The summed E-state index contributed by atoms with van der Waals surface area (Å²) in [7, 11) is 0. The molecule has 0 aliphatic heterocycles.